The Morgan fingerprint density at radius 2 is 1.85 bits per heavy atom. The number of aromatic amines is 1. The maximum absolute atomic E-state index is 11.4. The molecule has 0 saturated heterocycles. The van der Waals surface area contributed by atoms with Gasteiger partial charge >= 0.3 is 5.97 Å². The summed E-state index contributed by atoms with van der Waals surface area (Å²) >= 11 is 0. The van der Waals surface area contributed by atoms with Crippen molar-refractivity contribution in [2.45, 2.75) is 6.61 Å². The number of benzene rings is 2. The Kier molecular flexibility index (Phi) is 4.40. The van der Waals surface area contributed by atoms with Crippen molar-refractivity contribution < 1.29 is 14.6 Å². The summed E-state index contributed by atoms with van der Waals surface area (Å²) in [7, 11) is 0. The molecule has 0 fully saturated rings. The fourth-order valence-electron chi connectivity index (χ4n) is 2.74. The van der Waals surface area contributed by atoms with Crippen molar-refractivity contribution in [2.24, 2.45) is 0 Å². The minimum atomic E-state index is -1.04. The molecule has 0 amide bonds. The molecule has 0 saturated carbocycles. The largest absolute Gasteiger partial charge is 0.489 e. The molecule has 2 aromatic carbocycles. The van der Waals surface area contributed by atoms with E-state index in [0.29, 0.717) is 23.5 Å². The Hall–Kier alpha value is -3.87. The molecule has 0 unspecified atom stereocenters. The molecule has 134 valence electrons. The van der Waals surface area contributed by atoms with E-state index in [2.05, 4.69) is 20.3 Å². The van der Waals surface area contributed by atoms with Crippen molar-refractivity contribution in [3.05, 3.63) is 78.2 Å². The summed E-state index contributed by atoms with van der Waals surface area (Å²) in [4.78, 5) is 22.5. The molecule has 3 N–H and O–H groups in total. The standard InChI is InChI=1S/C20H16N4O3/c25-20(26)16-10-21-18-17(16)19(23-12-22-18)24-14-6-8-15(9-7-14)27-11-13-4-2-1-3-5-13/h1-10,12H,11H2,(H,25,26)(H2,21,22,23,24). The average Bonchev–Trinajstić information content (AvgIpc) is 3.14. The Morgan fingerprint density at radius 1 is 1.07 bits per heavy atom. The smallest absolute Gasteiger partial charge is 0.338 e. The molecule has 0 atom stereocenters. The molecule has 4 rings (SSSR count). The van der Waals surface area contributed by atoms with Gasteiger partial charge in [0.15, 0.2) is 0 Å². The van der Waals surface area contributed by atoms with Gasteiger partial charge in [-0.1, -0.05) is 30.3 Å². The lowest BCUT2D eigenvalue weighted by Gasteiger charge is -2.09. The number of carbonyl (C=O) groups is 1. The first kappa shape index (κ1) is 16.6. The van der Waals surface area contributed by atoms with Gasteiger partial charge in [0.2, 0.25) is 0 Å². The van der Waals surface area contributed by atoms with E-state index < -0.39 is 5.97 Å². The number of aromatic carboxylic acids is 1. The van der Waals surface area contributed by atoms with E-state index in [0.717, 1.165) is 17.0 Å². The fourth-order valence-corrected chi connectivity index (χ4v) is 2.74. The minimum absolute atomic E-state index is 0.121. The van der Waals surface area contributed by atoms with Gasteiger partial charge in [0.25, 0.3) is 0 Å². The Bertz CT molecular complexity index is 1080. The summed E-state index contributed by atoms with van der Waals surface area (Å²) in [6.07, 6.45) is 2.79. The van der Waals surface area contributed by atoms with E-state index in [1.807, 2.05) is 54.6 Å². The Balaban J connectivity index is 1.51. The Labute approximate surface area is 154 Å². The number of hydrogen-bond acceptors (Lipinski definition) is 5. The number of carboxylic acid groups (broad SMARTS) is 1. The average molecular weight is 360 g/mol. The Morgan fingerprint density at radius 3 is 2.59 bits per heavy atom. The quantitative estimate of drug-likeness (QED) is 0.481. The van der Waals surface area contributed by atoms with Gasteiger partial charge in [-0.3, -0.25) is 0 Å². The zero-order valence-corrected chi connectivity index (χ0v) is 14.2. The molecular formula is C20H16N4O3. The zero-order valence-electron chi connectivity index (χ0n) is 14.2. The van der Waals surface area contributed by atoms with Crippen LogP contribution < -0.4 is 10.1 Å². The molecule has 0 spiro atoms. The van der Waals surface area contributed by atoms with Crippen LogP contribution in [0.3, 0.4) is 0 Å². The van der Waals surface area contributed by atoms with Crippen molar-refractivity contribution in [3.8, 4) is 5.75 Å². The summed E-state index contributed by atoms with van der Waals surface area (Å²) in [5.41, 5.74) is 2.44. The highest BCUT2D eigenvalue weighted by Crippen LogP contribution is 2.27. The van der Waals surface area contributed by atoms with Crippen LogP contribution in [0, 0.1) is 0 Å². The summed E-state index contributed by atoms with van der Waals surface area (Å²) in [5.74, 6) is 0.130. The number of nitrogens with one attached hydrogen (secondary N) is 2. The topological polar surface area (TPSA) is 100 Å². The van der Waals surface area contributed by atoms with E-state index in [9.17, 15) is 9.90 Å². The number of anilines is 2. The number of hydrogen-bond donors (Lipinski definition) is 3. The lowest BCUT2D eigenvalue weighted by Crippen LogP contribution is -2.00. The van der Waals surface area contributed by atoms with Gasteiger partial charge in [0, 0.05) is 11.9 Å². The van der Waals surface area contributed by atoms with Crippen molar-refractivity contribution >= 4 is 28.5 Å². The molecule has 0 aliphatic carbocycles. The first-order chi connectivity index (χ1) is 13.2. The second kappa shape index (κ2) is 7.17. The molecule has 2 aromatic heterocycles. The summed E-state index contributed by atoms with van der Waals surface area (Å²) in [6, 6.07) is 17.3. The number of carboxylic acids is 1. The van der Waals surface area contributed by atoms with Gasteiger partial charge < -0.3 is 20.1 Å². The third kappa shape index (κ3) is 3.57. The molecule has 0 bridgehead atoms. The SMILES string of the molecule is O=C(O)c1c[nH]c2ncnc(Nc3ccc(OCc4ccccc4)cc3)c12. The summed E-state index contributed by atoms with van der Waals surface area (Å²) in [6.45, 7) is 0.492. The highest BCUT2D eigenvalue weighted by Gasteiger charge is 2.16. The van der Waals surface area contributed by atoms with Crippen LogP contribution in [-0.4, -0.2) is 26.0 Å². The predicted molar refractivity (Wildman–Crippen MR) is 101 cm³/mol. The lowest BCUT2D eigenvalue weighted by atomic mass is 10.2. The minimum Gasteiger partial charge on any atom is -0.489 e. The van der Waals surface area contributed by atoms with E-state index in [4.69, 9.17) is 4.74 Å². The molecule has 7 heteroatoms. The monoisotopic (exact) mass is 360 g/mol. The van der Waals surface area contributed by atoms with E-state index >= 15 is 0 Å². The van der Waals surface area contributed by atoms with Gasteiger partial charge in [-0.2, -0.15) is 0 Å². The third-order valence-corrected chi connectivity index (χ3v) is 4.07. The van der Waals surface area contributed by atoms with Crippen LogP contribution in [0.2, 0.25) is 0 Å². The molecule has 0 aliphatic heterocycles. The summed E-state index contributed by atoms with van der Waals surface area (Å²) < 4.78 is 5.77. The molecule has 7 nitrogen and oxygen atoms in total. The van der Waals surface area contributed by atoms with Crippen LogP contribution in [0.15, 0.2) is 67.1 Å². The second-order valence-electron chi connectivity index (χ2n) is 5.88. The van der Waals surface area contributed by atoms with Crippen LogP contribution in [0.25, 0.3) is 11.0 Å². The highest BCUT2D eigenvalue weighted by atomic mass is 16.5. The van der Waals surface area contributed by atoms with Crippen molar-refractivity contribution in [1.82, 2.24) is 15.0 Å². The molecule has 4 aromatic rings. The molecular weight excluding hydrogens is 344 g/mol. The van der Waals surface area contributed by atoms with E-state index in [1.165, 1.54) is 12.5 Å². The van der Waals surface area contributed by atoms with E-state index in [1.54, 1.807) is 0 Å². The fraction of sp³-hybridized carbons (Fsp3) is 0.0500. The van der Waals surface area contributed by atoms with Gasteiger partial charge in [-0.05, 0) is 29.8 Å². The zero-order chi connectivity index (χ0) is 18.6. The molecule has 27 heavy (non-hydrogen) atoms. The van der Waals surface area contributed by atoms with Gasteiger partial charge in [-0.25, -0.2) is 14.8 Å². The third-order valence-electron chi connectivity index (χ3n) is 4.07. The van der Waals surface area contributed by atoms with Crippen LogP contribution in [-0.2, 0) is 6.61 Å². The maximum Gasteiger partial charge on any atom is 0.338 e. The number of aromatic nitrogens is 3. The van der Waals surface area contributed by atoms with E-state index in [-0.39, 0.29) is 5.56 Å². The number of rotatable bonds is 6. The maximum atomic E-state index is 11.4. The first-order valence-corrected chi connectivity index (χ1v) is 8.30. The van der Waals surface area contributed by atoms with Crippen LogP contribution >= 0.6 is 0 Å². The summed E-state index contributed by atoms with van der Waals surface area (Å²) in [5, 5.41) is 12.9. The normalized spacial score (nSPS) is 10.7. The van der Waals surface area contributed by atoms with Crippen LogP contribution in [0.5, 0.6) is 5.75 Å². The second-order valence-corrected chi connectivity index (χ2v) is 5.88. The van der Waals surface area contributed by atoms with Crippen molar-refractivity contribution in [3.63, 3.8) is 0 Å². The number of H-pyrrole nitrogens is 1. The lowest BCUT2D eigenvalue weighted by molar-refractivity contribution is 0.0699. The van der Waals surface area contributed by atoms with Crippen molar-refractivity contribution in [2.75, 3.05) is 5.32 Å². The highest BCUT2D eigenvalue weighted by molar-refractivity contribution is 6.07. The van der Waals surface area contributed by atoms with Crippen LogP contribution in [0.1, 0.15) is 15.9 Å². The predicted octanol–water partition coefficient (Wildman–Crippen LogP) is 3.98. The molecule has 0 radical (unpaired) electrons. The first-order valence-electron chi connectivity index (χ1n) is 8.30. The molecule has 0 aliphatic rings. The van der Waals surface area contributed by atoms with Gasteiger partial charge in [-0.15, -0.1) is 0 Å². The van der Waals surface area contributed by atoms with Gasteiger partial charge in [0.1, 0.15) is 30.1 Å². The van der Waals surface area contributed by atoms with Crippen LogP contribution in [0.4, 0.5) is 11.5 Å². The van der Waals surface area contributed by atoms with Gasteiger partial charge in [0.05, 0.1) is 10.9 Å². The number of fused-ring (bicyclic) bond motifs is 1. The number of nitrogens with zero attached hydrogens (tertiary/aromatic N) is 2. The van der Waals surface area contributed by atoms with Crippen molar-refractivity contribution in [1.29, 1.82) is 0 Å². The number of ether oxygens (including phenoxy) is 1. The molecule has 2 heterocycles.